The second-order valence-corrected chi connectivity index (χ2v) is 11.2. The molecule has 1 aliphatic rings. The molecule has 8 heteroatoms. The number of carbonyl (C=O) groups is 2. The van der Waals surface area contributed by atoms with Crippen LogP contribution in [-0.2, 0) is 11.2 Å². The van der Waals surface area contributed by atoms with Gasteiger partial charge in [-0.3, -0.25) is 9.78 Å². The number of amides is 1. The Kier molecular flexibility index (Phi) is 8.47. The van der Waals surface area contributed by atoms with Crippen molar-refractivity contribution in [1.82, 2.24) is 19.3 Å². The highest BCUT2D eigenvalue weighted by Gasteiger charge is 2.25. The van der Waals surface area contributed by atoms with Gasteiger partial charge in [0.1, 0.15) is 17.2 Å². The van der Waals surface area contributed by atoms with Gasteiger partial charge >= 0.3 is 5.97 Å². The largest absolute Gasteiger partial charge is 0.462 e. The van der Waals surface area contributed by atoms with Crippen LogP contribution in [0.1, 0.15) is 79.9 Å². The lowest BCUT2D eigenvalue weighted by atomic mass is 10.0. The van der Waals surface area contributed by atoms with E-state index in [9.17, 15) is 9.59 Å². The highest BCUT2D eigenvalue weighted by molar-refractivity contribution is 5.93. The number of benzene rings is 1. The SMILES string of the molecule is CCOC(=O)c1ccc(-c2ccc(-c3cc4nc(C(=O)N5CCCCC[C@H]5C)cc(CC(C)C)n4c3)c(F)c2)nc1. The molecule has 214 valence electrons. The molecule has 4 aromatic rings. The molecule has 1 fully saturated rings. The van der Waals surface area contributed by atoms with Crippen molar-refractivity contribution in [2.75, 3.05) is 13.2 Å². The maximum Gasteiger partial charge on any atom is 0.339 e. The van der Waals surface area contributed by atoms with Crippen LogP contribution in [-0.4, -0.2) is 50.3 Å². The molecule has 7 nitrogen and oxygen atoms in total. The van der Waals surface area contributed by atoms with E-state index in [0.29, 0.717) is 45.2 Å². The molecule has 3 aromatic heterocycles. The first-order chi connectivity index (χ1) is 19.7. The first-order valence-corrected chi connectivity index (χ1v) is 14.5. The van der Waals surface area contributed by atoms with Crippen LogP contribution in [0.15, 0.2) is 54.9 Å². The van der Waals surface area contributed by atoms with Gasteiger partial charge in [0.2, 0.25) is 0 Å². The Labute approximate surface area is 240 Å². The van der Waals surface area contributed by atoms with Gasteiger partial charge in [-0.05, 0) is 69.4 Å². The number of hydrogen-bond acceptors (Lipinski definition) is 5. The number of nitrogens with zero attached hydrogens (tertiary/aromatic N) is 4. The molecule has 4 heterocycles. The first-order valence-electron chi connectivity index (χ1n) is 14.5. The van der Waals surface area contributed by atoms with Crippen molar-refractivity contribution < 1.29 is 18.7 Å². The van der Waals surface area contributed by atoms with Crippen molar-refractivity contribution in [3.63, 3.8) is 0 Å². The van der Waals surface area contributed by atoms with E-state index in [0.717, 1.165) is 44.3 Å². The average molecular weight is 557 g/mol. The normalized spacial score (nSPS) is 15.8. The van der Waals surface area contributed by atoms with Crippen molar-refractivity contribution in [3.8, 4) is 22.4 Å². The summed E-state index contributed by atoms with van der Waals surface area (Å²) in [6, 6.07) is 12.2. The van der Waals surface area contributed by atoms with Gasteiger partial charge in [0, 0.05) is 47.4 Å². The molecule has 1 amide bonds. The Morgan fingerprint density at radius 1 is 1.07 bits per heavy atom. The fourth-order valence-electron chi connectivity index (χ4n) is 5.51. The number of likely N-dealkylation sites (tertiary alicyclic amines) is 1. The Balaban J connectivity index is 1.48. The Hall–Kier alpha value is -4.07. The summed E-state index contributed by atoms with van der Waals surface area (Å²) in [5.74, 6) is -0.503. The minimum atomic E-state index is -0.440. The lowest BCUT2D eigenvalue weighted by Crippen LogP contribution is -2.38. The van der Waals surface area contributed by atoms with Crippen LogP contribution in [0.2, 0.25) is 0 Å². The summed E-state index contributed by atoms with van der Waals surface area (Å²) in [5.41, 5.74) is 4.67. The molecule has 0 N–H and O–H groups in total. The van der Waals surface area contributed by atoms with Crippen molar-refractivity contribution in [1.29, 1.82) is 0 Å². The highest BCUT2D eigenvalue weighted by atomic mass is 19.1. The quantitative estimate of drug-likeness (QED) is 0.230. The van der Waals surface area contributed by atoms with Crippen LogP contribution >= 0.6 is 0 Å². The third-order valence-corrected chi connectivity index (χ3v) is 7.65. The summed E-state index contributed by atoms with van der Waals surface area (Å²) in [6.45, 7) is 9.17. The highest BCUT2D eigenvalue weighted by Crippen LogP contribution is 2.30. The Bertz CT molecular complexity index is 1560. The topological polar surface area (TPSA) is 76.8 Å². The zero-order valence-electron chi connectivity index (χ0n) is 24.2. The van der Waals surface area contributed by atoms with E-state index in [4.69, 9.17) is 9.72 Å². The smallest absolute Gasteiger partial charge is 0.339 e. The van der Waals surface area contributed by atoms with Crippen LogP contribution in [0.5, 0.6) is 0 Å². The maximum atomic E-state index is 15.5. The van der Waals surface area contributed by atoms with E-state index < -0.39 is 11.8 Å². The molecule has 41 heavy (non-hydrogen) atoms. The minimum absolute atomic E-state index is 0.0355. The van der Waals surface area contributed by atoms with Gasteiger partial charge in [-0.15, -0.1) is 0 Å². The van der Waals surface area contributed by atoms with E-state index in [1.54, 1.807) is 25.1 Å². The van der Waals surface area contributed by atoms with Gasteiger partial charge in [-0.1, -0.05) is 38.8 Å². The van der Waals surface area contributed by atoms with E-state index >= 15 is 4.39 Å². The molecule has 1 atom stereocenters. The van der Waals surface area contributed by atoms with Crippen LogP contribution in [0.25, 0.3) is 28.0 Å². The minimum Gasteiger partial charge on any atom is -0.462 e. The van der Waals surface area contributed by atoms with Gasteiger partial charge in [0.15, 0.2) is 0 Å². The summed E-state index contributed by atoms with van der Waals surface area (Å²) < 4.78 is 22.5. The van der Waals surface area contributed by atoms with Gasteiger partial charge in [-0.25, -0.2) is 14.2 Å². The number of ether oxygens (including phenoxy) is 1. The molecule has 0 bridgehead atoms. The number of halogens is 1. The van der Waals surface area contributed by atoms with Crippen LogP contribution < -0.4 is 0 Å². The molecule has 0 aliphatic carbocycles. The number of aromatic nitrogens is 3. The zero-order valence-corrected chi connectivity index (χ0v) is 24.2. The zero-order chi connectivity index (χ0) is 29.1. The van der Waals surface area contributed by atoms with E-state index in [1.165, 1.54) is 12.3 Å². The predicted molar refractivity (Wildman–Crippen MR) is 157 cm³/mol. The second-order valence-electron chi connectivity index (χ2n) is 11.2. The first kappa shape index (κ1) is 28.5. The van der Waals surface area contributed by atoms with E-state index in [-0.39, 0.29) is 18.6 Å². The number of esters is 1. The van der Waals surface area contributed by atoms with Gasteiger partial charge in [0.05, 0.1) is 17.9 Å². The number of rotatable bonds is 7. The molecular weight excluding hydrogens is 519 g/mol. The van der Waals surface area contributed by atoms with Gasteiger partial charge < -0.3 is 14.0 Å². The number of pyridine rings is 1. The Morgan fingerprint density at radius 2 is 1.90 bits per heavy atom. The summed E-state index contributed by atoms with van der Waals surface area (Å²) in [7, 11) is 0. The maximum absolute atomic E-state index is 15.5. The van der Waals surface area contributed by atoms with Crippen LogP contribution in [0.3, 0.4) is 0 Å². The third kappa shape index (κ3) is 6.16. The molecule has 1 aromatic carbocycles. The summed E-state index contributed by atoms with van der Waals surface area (Å²) >= 11 is 0. The molecule has 0 spiro atoms. The van der Waals surface area contributed by atoms with Crippen molar-refractivity contribution in [2.45, 2.75) is 65.8 Å². The molecular formula is C33H37FN4O3. The lowest BCUT2D eigenvalue weighted by molar-refractivity contribution is 0.0525. The molecule has 1 aliphatic heterocycles. The molecule has 0 saturated carbocycles. The summed E-state index contributed by atoms with van der Waals surface area (Å²) in [5, 5.41) is 0. The van der Waals surface area contributed by atoms with Gasteiger partial charge in [-0.2, -0.15) is 0 Å². The molecule has 1 saturated heterocycles. The predicted octanol–water partition coefficient (Wildman–Crippen LogP) is 6.98. The van der Waals surface area contributed by atoms with Crippen molar-refractivity contribution in [3.05, 3.63) is 77.6 Å². The van der Waals surface area contributed by atoms with Gasteiger partial charge in [0.25, 0.3) is 5.91 Å². The molecule has 0 radical (unpaired) electrons. The average Bonchev–Trinajstić information content (AvgIpc) is 3.27. The van der Waals surface area contributed by atoms with Crippen molar-refractivity contribution >= 4 is 17.5 Å². The standard InChI is InChI=1S/C33H37FN4O3/c1-5-41-33(40)24-11-13-29(35-19-24)23-10-12-27(28(34)16-23)25-17-31-36-30(18-26(15-21(2)3)38(31)20-25)32(39)37-14-8-6-7-9-22(37)4/h10-13,16-22H,5-9,14-15H2,1-4H3/t22-/m1/s1. The second kappa shape index (κ2) is 12.2. The monoisotopic (exact) mass is 556 g/mol. The number of carbonyl (C=O) groups excluding carboxylic acids is 2. The fraction of sp³-hybridized carbons (Fsp3) is 0.394. The van der Waals surface area contributed by atoms with E-state index in [2.05, 4.69) is 25.8 Å². The van der Waals surface area contributed by atoms with Crippen molar-refractivity contribution in [2.24, 2.45) is 5.92 Å². The fourth-order valence-corrected chi connectivity index (χ4v) is 5.51. The summed E-state index contributed by atoms with van der Waals surface area (Å²) in [4.78, 5) is 36.6. The summed E-state index contributed by atoms with van der Waals surface area (Å²) in [6.07, 6.45) is 8.38. The Morgan fingerprint density at radius 3 is 2.61 bits per heavy atom. The third-order valence-electron chi connectivity index (χ3n) is 7.65. The molecule has 5 rings (SSSR count). The molecule has 0 unspecified atom stereocenters. The number of fused-ring (bicyclic) bond motifs is 1. The van der Waals surface area contributed by atoms with E-state index in [1.807, 2.05) is 33.7 Å². The van der Waals surface area contributed by atoms with Crippen LogP contribution in [0.4, 0.5) is 4.39 Å². The lowest BCUT2D eigenvalue weighted by Gasteiger charge is -2.27. The number of hydrogen-bond donors (Lipinski definition) is 0. The van der Waals surface area contributed by atoms with Crippen LogP contribution in [0, 0.1) is 11.7 Å².